The molecule has 1 aromatic heterocycles. The second-order valence-corrected chi connectivity index (χ2v) is 15.7. The molecule has 0 aliphatic carbocycles. The zero-order valence-electron chi connectivity index (χ0n) is 25.5. The monoisotopic (exact) mass is 741 g/mol. The smallest absolute Gasteiger partial charge is 0.390 e. The summed E-state index contributed by atoms with van der Waals surface area (Å²) in [6, 6.07) is 4.42. The topological polar surface area (TPSA) is 329 Å². The van der Waals surface area contributed by atoms with Gasteiger partial charge in [0.05, 0.1) is 42.5 Å². The summed E-state index contributed by atoms with van der Waals surface area (Å²) in [4.78, 5) is 64.1. The molecule has 1 saturated heterocycles. The van der Waals surface area contributed by atoms with E-state index in [9.17, 15) is 43.5 Å². The molecule has 48 heavy (non-hydrogen) atoms. The van der Waals surface area contributed by atoms with E-state index < -0.39 is 70.6 Å². The van der Waals surface area contributed by atoms with Gasteiger partial charge in [0.2, 0.25) is 0 Å². The van der Waals surface area contributed by atoms with E-state index in [1.807, 2.05) is 0 Å². The van der Waals surface area contributed by atoms with Crippen molar-refractivity contribution in [3.8, 4) is 11.8 Å². The molecule has 2 heterocycles. The highest BCUT2D eigenvalue weighted by Gasteiger charge is 2.43. The van der Waals surface area contributed by atoms with E-state index >= 15 is 0 Å². The van der Waals surface area contributed by atoms with Crippen LogP contribution in [0, 0.1) is 27.4 Å². The molecule has 24 heteroatoms. The molecule has 1 fully saturated rings. The summed E-state index contributed by atoms with van der Waals surface area (Å²) in [6.07, 6.45) is -4.03. The van der Waals surface area contributed by atoms with E-state index in [0.29, 0.717) is 5.56 Å². The molecular formula is C24H34N5O16P3. The zero-order valence-corrected chi connectivity index (χ0v) is 28.2. The third kappa shape index (κ3) is 11.1. The van der Waals surface area contributed by atoms with Crippen LogP contribution in [0.25, 0.3) is 0 Å². The maximum Gasteiger partial charge on any atom is 0.490 e. The Labute approximate surface area is 272 Å². The number of nitrogens with two attached hydrogens (primary N) is 2. The minimum atomic E-state index is -5.77. The minimum absolute atomic E-state index is 0.0639. The van der Waals surface area contributed by atoms with Crippen molar-refractivity contribution in [1.29, 1.82) is 0 Å². The van der Waals surface area contributed by atoms with Crippen LogP contribution in [0.3, 0.4) is 0 Å². The molecule has 6 atom stereocenters. The van der Waals surface area contributed by atoms with E-state index in [0.717, 1.165) is 4.57 Å². The fourth-order valence-electron chi connectivity index (χ4n) is 4.48. The molecule has 0 saturated carbocycles. The summed E-state index contributed by atoms with van der Waals surface area (Å²) >= 11 is 0. The van der Waals surface area contributed by atoms with E-state index in [4.69, 9.17) is 30.7 Å². The number of hydrogen-bond donors (Lipinski definition) is 7. The Bertz CT molecular complexity index is 1780. The molecule has 1 aromatic carbocycles. The van der Waals surface area contributed by atoms with Crippen molar-refractivity contribution in [3.05, 3.63) is 61.7 Å². The Morgan fingerprint density at radius 3 is 2.44 bits per heavy atom. The van der Waals surface area contributed by atoms with Crippen molar-refractivity contribution in [3.63, 3.8) is 0 Å². The number of phosphoric ester groups is 1. The second-order valence-electron chi connectivity index (χ2n) is 11.3. The van der Waals surface area contributed by atoms with Crippen LogP contribution in [0.15, 0.2) is 29.2 Å². The maximum absolute atomic E-state index is 12.7. The molecule has 3 rings (SSSR count). The quantitative estimate of drug-likeness (QED) is 0.0659. The van der Waals surface area contributed by atoms with E-state index in [1.54, 1.807) is 26.8 Å². The number of hydrogen-bond acceptors (Lipinski definition) is 15. The number of aliphatic hydroxyl groups excluding tert-OH is 1. The molecule has 0 bridgehead atoms. The van der Waals surface area contributed by atoms with Crippen molar-refractivity contribution in [1.82, 2.24) is 9.55 Å². The fourth-order valence-corrected chi connectivity index (χ4v) is 7.51. The maximum atomic E-state index is 12.7. The van der Waals surface area contributed by atoms with Gasteiger partial charge >= 0.3 is 29.2 Å². The number of rotatable bonds is 13. The lowest BCUT2D eigenvalue weighted by Crippen LogP contribution is -2.30. The average Bonchev–Trinajstić information content (AvgIpc) is 3.29. The number of anilines is 1. The predicted octanol–water partition coefficient (Wildman–Crippen LogP) is 1.34. The molecule has 1 aliphatic heterocycles. The normalized spacial score (nSPS) is 21.5. The van der Waals surface area contributed by atoms with Gasteiger partial charge < -0.3 is 45.6 Å². The van der Waals surface area contributed by atoms with Gasteiger partial charge in [0.25, 0.3) is 5.69 Å². The van der Waals surface area contributed by atoms with Crippen molar-refractivity contribution in [2.75, 3.05) is 18.9 Å². The molecule has 0 spiro atoms. The number of benzene rings is 1. The first kappa shape index (κ1) is 39.5. The number of ether oxygens (including phenoxy) is 2. The molecular weight excluding hydrogens is 707 g/mol. The van der Waals surface area contributed by atoms with Crippen molar-refractivity contribution >= 4 is 35.0 Å². The van der Waals surface area contributed by atoms with Gasteiger partial charge in [-0.05, 0) is 17.5 Å². The summed E-state index contributed by atoms with van der Waals surface area (Å²) in [7, 11) is -16.9. The first-order valence-corrected chi connectivity index (χ1v) is 18.1. The highest BCUT2D eigenvalue weighted by Crippen LogP contribution is 2.66. The number of nitrogen functional groups attached to an aromatic ring is 1. The van der Waals surface area contributed by atoms with Gasteiger partial charge in [-0.25, -0.2) is 18.5 Å². The average molecular weight is 741 g/mol. The van der Waals surface area contributed by atoms with E-state index in [1.165, 1.54) is 18.3 Å². The summed E-state index contributed by atoms with van der Waals surface area (Å²) in [6.45, 7) is 4.19. The lowest BCUT2D eigenvalue weighted by atomic mass is 9.83. The van der Waals surface area contributed by atoms with Crippen LogP contribution < -0.4 is 17.2 Å². The van der Waals surface area contributed by atoms with Crippen LogP contribution in [-0.2, 0) is 42.9 Å². The Hall–Kier alpha value is -2.89. The van der Waals surface area contributed by atoms with Gasteiger partial charge in [-0.1, -0.05) is 32.6 Å². The summed E-state index contributed by atoms with van der Waals surface area (Å²) in [5.74, 6) is 5.15. The molecule has 9 N–H and O–H groups in total. The zero-order chi connectivity index (χ0) is 36.2. The Morgan fingerprint density at radius 1 is 1.19 bits per heavy atom. The Balaban J connectivity index is 1.79. The molecule has 2 unspecified atom stereocenters. The third-order valence-corrected chi connectivity index (χ3v) is 10.2. The molecule has 0 amide bonds. The van der Waals surface area contributed by atoms with Crippen LogP contribution in [0.5, 0.6) is 0 Å². The Morgan fingerprint density at radius 2 is 1.85 bits per heavy atom. The standard InChI is InChI=1S/C24H34N5O16P3/c1-24(2,3)21(16-7-6-14(5-4-8-25)9-17(16)29(32)33)41-12-15-11-28(23(31)27-22(15)26)20-10-18(30)19(43-20)13-42-47(37,38)45-48(39,40)44-46(34,35)36/h6-7,9,11,18-21,30H,8,10,12-13,25H2,1-3H3,(H,37,38)(H,39,40)(H2,26,27,31)(H2,34,35,36)/t18-,19-,20-,21+/m1/s1. The summed E-state index contributed by atoms with van der Waals surface area (Å²) in [5, 5.41) is 22.4. The third-order valence-electron chi connectivity index (χ3n) is 6.43. The van der Waals surface area contributed by atoms with Gasteiger partial charge in [0, 0.05) is 29.8 Å². The van der Waals surface area contributed by atoms with Gasteiger partial charge in [-0.15, -0.1) is 0 Å². The summed E-state index contributed by atoms with van der Waals surface area (Å²) in [5.41, 5.74) is 10.3. The van der Waals surface area contributed by atoms with Gasteiger partial charge in [-0.3, -0.25) is 19.2 Å². The highest BCUT2D eigenvalue weighted by molar-refractivity contribution is 7.66. The molecule has 266 valence electrons. The number of aliphatic hydroxyl groups is 1. The predicted molar refractivity (Wildman–Crippen MR) is 163 cm³/mol. The van der Waals surface area contributed by atoms with Crippen LogP contribution in [0.2, 0.25) is 0 Å². The molecule has 21 nitrogen and oxygen atoms in total. The minimum Gasteiger partial charge on any atom is -0.390 e. The van der Waals surface area contributed by atoms with Crippen molar-refractivity contribution in [2.24, 2.45) is 11.1 Å². The van der Waals surface area contributed by atoms with E-state index in [2.05, 4.69) is 30.0 Å². The number of aromatic nitrogens is 2. The number of nitro benzene ring substituents is 1. The highest BCUT2D eigenvalue weighted by atomic mass is 31.3. The molecule has 0 radical (unpaired) electrons. The number of nitrogens with zero attached hydrogens (tertiary/aromatic N) is 3. The molecule has 2 aromatic rings. The van der Waals surface area contributed by atoms with Gasteiger partial charge in [-0.2, -0.15) is 13.6 Å². The van der Waals surface area contributed by atoms with Crippen LogP contribution in [0.4, 0.5) is 11.5 Å². The SMILES string of the molecule is CC(C)(C)[C@@H](OCc1cn([C@H]2C[C@@H](O)[C@@H](COP(=O)(O)OP(=O)(O)OP(=O)(O)O)O2)c(=O)nc1N)c1ccc(C#CCN)cc1[N+](=O)[O-]. The summed E-state index contributed by atoms with van der Waals surface area (Å²) < 4.78 is 58.8. The van der Waals surface area contributed by atoms with Gasteiger partial charge in [0.15, 0.2) is 0 Å². The Kier molecular flexibility index (Phi) is 12.6. The largest absolute Gasteiger partial charge is 0.490 e. The van der Waals surface area contributed by atoms with Crippen LogP contribution >= 0.6 is 23.5 Å². The van der Waals surface area contributed by atoms with Crippen molar-refractivity contribution < 1.29 is 65.9 Å². The number of nitro groups is 1. The van der Waals surface area contributed by atoms with Crippen LogP contribution in [-0.4, -0.2) is 64.5 Å². The van der Waals surface area contributed by atoms with Crippen molar-refractivity contribution in [2.45, 2.75) is 58.3 Å². The molecule has 1 aliphatic rings. The van der Waals surface area contributed by atoms with E-state index in [-0.39, 0.29) is 42.2 Å². The lowest BCUT2D eigenvalue weighted by Gasteiger charge is -2.31. The first-order valence-electron chi connectivity index (χ1n) is 13.6. The first-order chi connectivity index (χ1) is 22.0. The number of phosphoric acid groups is 3. The van der Waals surface area contributed by atoms with Gasteiger partial charge in [0.1, 0.15) is 18.1 Å². The fraction of sp³-hybridized carbons (Fsp3) is 0.500. The second kappa shape index (κ2) is 15.3. The lowest BCUT2D eigenvalue weighted by molar-refractivity contribution is -0.386. The van der Waals surface area contributed by atoms with Crippen LogP contribution in [0.1, 0.15) is 56.2 Å².